The maximum Gasteiger partial charge on any atom is 0.274 e. The zero-order chi connectivity index (χ0) is 15.5. The zero-order valence-corrected chi connectivity index (χ0v) is 12.3. The van der Waals surface area contributed by atoms with E-state index in [4.69, 9.17) is 0 Å². The molecule has 0 saturated carbocycles. The van der Waals surface area contributed by atoms with E-state index in [2.05, 4.69) is 15.3 Å². The lowest BCUT2D eigenvalue weighted by Crippen LogP contribution is -2.27. The summed E-state index contributed by atoms with van der Waals surface area (Å²) < 4.78 is 1.70. The highest BCUT2D eigenvalue weighted by molar-refractivity contribution is 5.92. The second-order valence-corrected chi connectivity index (χ2v) is 5.25. The molecule has 1 fully saturated rings. The lowest BCUT2D eigenvalue weighted by Gasteiger charge is -2.12. The monoisotopic (exact) mass is 299 g/mol. The maximum absolute atomic E-state index is 12.2. The molecular formula is C15H17N5O2. The van der Waals surface area contributed by atoms with E-state index in [1.54, 1.807) is 35.4 Å². The zero-order valence-electron chi connectivity index (χ0n) is 12.3. The topological polar surface area (TPSA) is 80.1 Å². The number of likely N-dealkylation sites (tertiary alicyclic amines) is 1. The van der Waals surface area contributed by atoms with Crippen molar-refractivity contribution in [3.8, 4) is 5.82 Å². The van der Waals surface area contributed by atoms with Gasteiger partial charge in [0.2, 0.25) is 5.91 Å². The molecule has 2 aromatic heterocycles. The van der Waals surface area contributed by atoms with Gasteiger partial charge < -0.3 is 10.2 Å². The van der Waals surface area contributed by atoms with Gasteiger partial charge in [0.15, 0.2) is 0 Å². The minimum absolute atomic E-state index is 0.0360. The van der Waals surface area contributed by atoms with Crippen molar-refractivity contribution in [1.29, 1.82) is 0 Å². The van der Waals surface area contributed by atoms with E-state index in [9.17, 15) is 9.59 Å². The molecule has 0 aliphatic carbocycles. The van der Waals surface area contributed by atoms with Crippen molar-refractivity contribution < 1.29 is 9.59 Å². The fraction of sp³-hybridized carbons (Fsp3) is 0.333. The van der Waals surface area contributed by atoms with Gasteiger partial charge in [0, 0.05) is 26.2 Å². The molecule has 3 heterocycles. The van der Waals surface area contributed by atoms with E-state index in [-0.39, 0.29) is 11.8 Å². The van der Waals surface area contributed by atoms with Crippen molar-refractivity contribution >= 4 is 17.5 Å². The predicted molar refractivity (Wildman–Crippen MR) is 80.8 cm³/mol. The van der Waals surface area contributed by atoms with Crippen LogP contribution in [0, 0.1) is 0 Å². The van der Waals surface area contributed by atoms with Crippen molar-refractivity contribution in [2.24, 2.45) is 0 Å². The van der Waals surface area contributed by atoms with Gasteiger partial charge in [-0.15, -0.1) is 0 Å². The van der Waals surface area contributed by atoms with Crippen molar-refractivity contribution in [3.05, 3.63) is 36.5 Å². The molecule has 7 nitrogen and oxygen atoms in total. The summed E-state index contributed by atoms with van der Waals surface area (Å²) in [7, 11) is 0. The molecule has 0 aromatic carbocycles. The molecular weight excluding hydrogens is 282 g/mol. The minimum Gasteiger partial charge on any atom is -0.337 e. The first-order chi connectivity index (χ1) is 10.6. The second kappa shape index (κ2) is 5.97. The van der Waals surface area contributed by atoms with E-state index in [0.29, 0.717) is 17.2 Å². The number of hydrogen-bond donors (Lipinski definition) is 1. The average Bonchev–Trinajstić information content (AvgIpc) is 3.19. The first-order valence-corrected chi connectivity index (χ1v) is 7.21. The number of hydrogen-bond acceptors (Lipinski definition) is 4. The number of nitrogens with one attached hydrogen (secondary N) is 1. The summed E-state index contributed by atoms with van der Waals surface area (Å²) in [6.07, 6.45) is 6.93. The molecule has 0 radical (unpaired) electrons. The number of aromatic nitrogens is 3. The maximum atomic E-state index is 12.2. The fourth-order valence-corrected chi connectivity index (χ4v) is 2.46. The molecule has 0 atom stereocenters. The van der Waals surface area contributed by atoms with Gasteiger partial charge in [-0.25, -0.2) is 9.97 Å². The molecule has 3 rings (SSSR count). The van der Waals surface area contributed by atoms with Crippen molar-refractivity contribution in [2.45, 2.75) is 19.8 Å². The summed E-state index contributed by atoms with van der Waals surface area (Å²) in [5.41, 5.74) is 1.05. The number of carbonyl (C=O) groups excluding carboxylic acids is 2. The molecule has 22 heavy (non-hydrogen) atoms. The summed E-state index contributed by atoms with van der Waals surface area (Å²) in [4.78, 5) is 33.5. The number of pyridine rings is 1. The van der Waals surface area contributed by atoms with Crippen molar-refractivity contribution in [1.82, 2.24) is 19.4 Å². The highest BCUT2D eigenvalue weighted by Gasteiger charge is 2.21. The lowest BCUT2D eigenvalue weighted by atomic mass is 10.4. The van der Waals surface area contributed by atoms with Crippen LogP contribution in [0.2, 0.25) is 0 Å². The third kappa shape index (κ3) is 2.98. The smallest absolute Gasteiger partial charge is 0.274 e. The van der Waals surface area contributed by atoms with Crippen molar-refractivity contribution in [2.75, 3.05) is 18.4 Å². The van der Waals surface area contributed by atoms with E-state index in [0.717, 1.165) is 25.9 Å². The standard InChI is InChI=1S/C15H17N5O2/c1-11(21)18-12-4-5-14(16-8-12)20-9-13(17-10-20)15(22)19-6-2-3-7-19/h4-5,8-10H,2-3,6-7H2,1H3,(H,18,21). The largest absolute Gasteiger partial charge is 0.337 e. The molecule has 2 amide bonds. The summed E-state index contributed by atoms with van der Waals surface area (Å²) in [6.45, 7) is 3.05. The van der Waals surface area contributed by atoms with E-state index in [1.807, 2.05) is 4.90 Å². The van der Waals surface area contributed by atoms with E-state index in [1.165, 1.54) is 6.92 Å². The van der Waals surface area contributed by atoms with Crippen LogP contribution in [0.1, 0.15) is 30.3 Å². The van der Waals surface area contributed by atoms with Gasteiger partial charge >= 0.3 is 0 Å². The summed E-state index contributed by atoms with van der Waals surface area (Å²) in [6, 6.07) is 3.52. The van der Waals surface area contributed by atoms with Crippen LogP contribution < -0.4 is 5.32 Å². The molecule has 1 aliphatic heterocycles. The molecule has 1 aliphatic rings. The Bertz CT molecular complexity index is 686. The third-order valence-electron chi connectivity index (χ3n) is 3.53. The van der Waals surface area contributed by atoms with Crippen molar-refractivity contribution in [3.63, 3.8) is 0 Å². The van der Waals surface area contributed by atoms with Crippen LogP contribution in [-0.2, 0) is 4.79 Å². The summed E-state index contributed by atoms with van der Waals surface area (Å²) in [5.74, 6) is 0.462. The Balaban J connectivity index is 1.75. The van der Waals surface area contributed by atoms with E-state index >= 15 is 0 Å². The molecule has 0 bridgehead atoms. The highest BCUT2D eigenvalue weighted by Crippen LogP contribution is 2.14. The Morgan fingerprint density at radius 2 is 1.95 bits per heavy atom. The van der Waals surface area contributed by atoms with Gasteiger partial charge in [0.05, 0.1) is 11.9 Å². The molecule has 0 unspecified atom stereocenters. The minimum atomic E-state index is -0.143. The Hall–Kier alpha value is -2.70. The predicted octanol–water partition coefficient (Wildman–Crippen LogP) is 1.46. The van der Waals surface area contributed by atoms with Gasteiger partial charge in [-0.2, -0.15) is 0 Å². The van der Waals surface area contributed by atoms with Gasteiger partial charge in [0.1, 0.15) is 17.8 Å². The normalized spacial score (nSPS) is 14.1. The van der Waals surface area contributed by atoms with Crippen LogP contribution >= 0.6 is 0 Å². The molecule has 1 N–H and O–H groups in total. The Morgan fingerprint density at radius 3 is 2.59 bits per heavy atom. The molecule has 0 spiro atoms. The molecule has 2 aromatic rings. The van der Waals surface area contributed by atoms with Gasteiger partial charge in [0.25, 0.3) is 5.91 Å². The number of amides is 2. The number of nitrogens with zero attached hydrogens (tertiary/aromatic N) is 4. The lowest BCUT2D eigenvalue weighted by molar-refractivity contribution is -0.114. The highest BCUT2D eigenvalue weighted by atomic mass is 16.2. The second-order valence-electron chi connectivity index (χ2n) is 5.25. The van der Waals surface area contributed by atoms with Crippen LogP contribution in [0.4, 0.5) is 5.69 Å². The Morgan fingerprint density at radius 1 is 1.18 bits per heavy atom. The van der Waals surface area contributed by atoms with Crippen LogP contribution in [0.25, 0.3) is 5.82 Å². The quantitative estimate of drug-likeness (QED) is 0.930. The Labute approximate surface area is 128 Å². The van der Waals surface area contributed by atoms with E-state index < -0.39 is 0 Å². The number of rotatable bonds is 3. The number of carbonyl (C=O) groups is 2. The number of imidazole rings is 1. The summed E-state index contributed by atoms with van der Waals surface area (Å²) >= 11 is 0. The van der Waals surface area contributed by atoms with Gasteiger partial charge in [-0.05, 0) is 25.0 Å². The summed E-state index contributed by atoms with van der Waals surface area (Å²) in [5, 5.41) is 2.66. The molecule has 7 heteroatoms. The van der Waals surface area contributed by atoms with Crippen LogP contribution in [0.5, 0.6) is 0 Å². The fourth-order valence-electron chi connectivity index (χ4n) is 2.46. The van der Waals surface area contributed by atoms with Crippen LogP contribution in [0.15, 0.2) is 30.9 Å². The van der Waals surface area contributed by atoms with Crippen LogP contribution in [-0.4, -0.2) is 44.3 Å². The average molecular weight is 299 g/mol. The molecule has 114 valence electrons. The third-order valence-corrected chi connectivity index (χ3v) is 3.53. The molecule has 1 saturated heterocycles. The van der Waals surface area contributed by atoms with Gasteiger partial charge in [-0.3, -0.25) is 14.2 Å². The van der Waals surface area contributed by atoms with Gasteiger partial charge in [-0.1, -0.05) is 0 Å². The van der Waals surface area contributed by atoms with Crippen LogP contribution in [0.3, 0.4) is 0 Å². The SMILES string of the molecule is CC(=O)Nc1ccc(-n2cnc(C(=O)N3CCCC3)c2)nc1. The Kier molecular flexibility index (Phi) is 3.86. The first kappa shape index (κ1) is 14.2. The first-order valence-electron chi connectivity index (χ1n) is 7.21. The number of anilines is 1.